The van der Waals surface area contributed by atoms with Gasteiger partial charge in [0.25, 0.3) is 20.2 Å². The van der Waals surface area contributed by atoms with Crippen LogP contribution in [0.5, 0.6) is 0 Å². The second-order valence-corrected chi connectivity index (χ2v) is 7.53. The number of hydrogen-bond acceptors (Lipinski definition) is 7. The van der Waals surface area contributed by atoms with E-state index in [-0.39, 0.29) is 241 Å². The maximum absolute atomic E-state index is 10.5. The van der Waals surface area contributed by atoms with E-state index in [2.05, 4.69) is 0 Å². The smallest absolute Gasteiger partial charge is 0.450 e. The van der Waals surface area contributed by atoms with Gasteiger partial charge in [0.1, 0.15) is 0 Å². The molecule has 0 aliphatic rings. The molecule has 0 aliphatic carbocycles. The Morgan fingerprint density at radius 2 is 0.818 bits per heavy atom. The molecule has 0 spiro atoms. The molecule has 1 rings (SSSR count). The van der Waals surface area contributed by atoms with E-state index >= 15 is 0 Å². The third-order valence-corrected chi connectivity index (χ3v) is 2.19. The monoisotopic (exact) mass is 1070 g/mol. The summed E-state index contributed by atoms with van der Waals surface area (Å²) < 4.78 is 87.0. The molecule has 0 amide bonds. The van der Waals surface area contributed by atoms with Gasteiger partial charge in [-0.3, -0.25) is 18.2 Å². The van der Waals surface area contributed by atoms with E-state index in [0.29, 0.717) is 6.26 Å². The summed E-state index contributed by atoms with van der Waals surface area (Å²) in [5.41, 5.74) is 0.956. The molecule has 0 saturated heterocycles. The van der Waals surface area contributed by atoms with Crippen molar-refractivity contribution in [1.29, 1.82) is 0 Å². The van der Waals surface area contributed by atoms with Crippen LogP contribution in [0.2, 0.25) is 0 Å². The van der Waals surface area contributed by atoms with E-state index in [1.165, 1.54) is 12.1 Å². The third kappa shape index (κ3) is 102. The van der Waals surface area contributed by atoms with E-state index in [1.807, 2.05) is 6.92 Å². The fourth-order valence-corrected chi connectivity index (χ4v) is 1.19. The molecule has 1 aromatic carbocycles. The largest absolute Gasteiger partial charge is 0.503 e. The van der Waals surface area contributed by atoms with Crippen molar-refractivity contribution in [3.63, 3.8) is 0 Å². The van der Waals surface area contributed by atoms with Crippen molar-refractivity contribution >= 4 is 36.8 Å². The first-order valence-electron chi connectivity index (χ1n) is 5.32. The average molecular weight is 1070 g/mol. The van der Waals surface area contributed by atoms with Gasteiger partial charge in [-0.05, 0) is 19.1 Å². The number of rotatable bonds is 1. The van der Waals surface area contributed by atoms with Crippen molar-refractivity contribution in [3.05, 3.63) is 37.3 Å². The fourth-order valence-electron chi connectivity index (χ4n) is 0.710. The Hall–Kier alpha value is 5.91. The van der Waals surface area contributed by atoms with Crippen LogP contribution in [0.4, 0.5) is 4.79 Å². The molecule has 13 nitrogen and oxygen atoms in total. The van der Waals surface area contributed by atoms with Gasteiger partial charge in [0.15, 0.2) is 0 Å². The van der Waals surface area contributed by atoms with Crippen LogP contribution in [0.1, 0.15) is 5.56 Å². The maximum atomic E-state index is 10.5. The Labute approximate surface area is 370 Å². The summed E-state index contributed by atoms with van der Waals surface area (Å²) in [4.78, 5) is 8.49. The zero-order valence-corrected chi connectivity index (χ0v) is 39.9. The van der Waals surface area contributed by atoms with Crippen LogP contribution in [-0.2, 0) is 260 Å². The number of carboxylic acid groups (broad SMARTS) is 2. The van der Waals surface area contributed by atoms with Gasteiger partial charge in [0, 0.05) is 229 Å². The first kappa shape index (κ1) is 71.8. The van der Waals surface area contributed by atoms with Gasteiger partial charge in [-0.25, -0.2) is 4.79 Å². The van der Waals surface area contributed by atoms with Crippen molar-refractivity contribution in [3.8, 4) is 0 Å². The van der Waals surface area contributed by atoms with Gasteiger partial charge in [0.2, 0.25) is 0 Å². The molecule has 0 saturated carbocycles. The van der Waals surface area contributed by atoms with Gasteiger partial charge < -0.3 is 17.6 Å². The van der Waals surface area contributed by atoms with Gasteiger partial charge >= 0.3 is 16.6 Å². The van der Waals surface area contributed by atoms with Crippen molar-refractivity contribution in [2.24, 2.45) is 0 Å². The average Bonchev–Trinajstić information content (AvgIpc) is 2.22. The number of benzene rings is 1. The van der Waals surface area contributed by atoms with E-state index in [1.54, 1.807) is 12.1 Å². The van der Waals surface area contributed by atoms with Gasteiger partial charge in [0.05, 0.1) is 11.2 Å². The predicted molar refractivity (Wildman–Crippen MR) is 89.7 cm³/mol. The maximum Gasteiger partial charge on any atom is 0.503 e. The summed E-state index contributed by atoms with van der Waals surface area (Å²) in [5, 5.41) is 13.9. The summed E-state index contributed by atoms with van der Waals surface area (Å²) in [5.74, 6) is 0. The fraction of sp³-hybridized carbons (Fsp3) is 0.200. The zero-order chi connectivity index (χ0) is 21.1. The number of hydrogen-bond donors (Lipinski definition) is 6. The topological polar surface area (TPSA) is 241 Å². The van der Waals surface area contributed by atoms with E-state index in [0.717, 1.165) is 5.56 Å². The summed E-state index contributed by atoms with van der Waals surface area (Å²) in [6.07, 6.45) is -1.12. The molecule has 6 N–H and O–H groups in total. The van der Waals surface area contributed by atoms with Gasteiger partial charge in [-0.15, -0.1) is 0 Å². The molecule has 33 heavy (non-hydrogen) atoms. The molecule has 7 radical (unpaired) electrons. The van der Waals surface area contributed by atoms with Crippen LogP contribution in [0.25, 0.3) is 0 Å². The van der Waals surface area contributed by atoms with Crippen LogP contribution in [0.3, 0.4) is 0 Å². The Morgan fingerprint density at radius 3 is 0.939 bits per heavy atom. The summed E-state index contributed by atoms with van der Waals surface area (Å²) in [7, 11) is -12.4. The second kappa shape index (κ2) is 37.9. The standard InChI is InChI=1S/C7H8O3S.CH4O3S.CH2O3.CH3.H2O4S.7Y/c1-6-2-4-7(5-3-6)11(8,9)10;1-5(2,3)4;2-1(3)4;;1-5(2,3)4;;;;;;;/h2-5H,1H3,(H,8,9,10);1H3,(H,2,3,4);(H2,2,3,4);1H3;(H2,1,2,3,4);;;;;;;/q;;;-1;;;;;;;;. The van der Waals surface area contributed by atoms with Crippen LogP contribution < -0.4 is 0 Å². The van der Waals surface area contributed by atoms with Crippen LogP contribution in [-0.4, -0.2) is 66.1 Å². The minimum atomic E-state index is -4.67. The Balaban J connectivity index is -0.0000000217. The van der Waals surface area contributed by atoms with Crippen LogP contribution in [0, 0.1) is 14.4 Å². The summed E-state index contributed by atoms with van der Waals surface area (Å²) in [6.45, 7) is 1.84. The molecule has 0 bridgehead atoms. The van der Waals surface area contributed by atoms with Crippen molar-refractivity contribution in [2.45, 2.75) is 11.8 Å². The Morgan fingerprint density at radius 1 is 0.667 bits per heavy atom. The van der Waals surface area contributed by atoms with E-state index < -0.39 is 36.8 Å². The van der Waals surface area contributed by atoms with Crippen molar-refractivity contribution < 1.29 is 287 Å². The van der Waals surface area contributed by atoms with Crippen molar-refractivity contribution in [2.75, 3.05) is 6.26 Å². The summed E-state index contributed by atoms with van der Waals surface area (Å²) >= 11 is 0. The van der Waals surface area contributed by atoms with Crippen LogP contribution in [0.15, 0.2) is 29.2 Å². The van der Waals surface area contributed by atoms with Gasteiger partial charge in [-0.2, -0.15) is 25.3 Å². The number of carbonyl (C=O) groups is 1. The second-order valence-electron chi connectivity index (χ2n) is 3.75. The van der Waals surface area contributed by atoms with Gasteiger partial charge in [-0.1, -0.05) is 17.7 Å². The molecule has 1 aromatic rings. The predicted octanol–water partition coefficient (Wildman–Crippen LogP) is 0.748. The minimum Gasteiger partial charge on any atom is -0.450 e. The summed E-state index contributed by atoms with van der Waals surface area (Å²) in [6, 6.07) is 5.99. The van der Waals surface area contributed by atoms with Crippen molar-refractivity contribution in [1.82, 2.24) is 0 Å². The molecular weight excluding hydrogens is 1050 g/mol. The first-order chi connectivity index (χ1) is 10.7. The molecular formula is C10H19O13S3Y7-. The molecule has 177 valence electrons. The number of aryl methyl sites for hydroxylation is 1. The quantitative estimate of drug-likeness (QED) is 0.168. The molecule has 0 fully saturated rings. The molecule has 0 atom stereocenters. The normalized spacial score (nSPS) is 8.06. The molecule has 0 aromatic heterocycles. The Kier molecular flexibility index (Phi) is 82.5. The van der Waals surface area contributed by atoms with E-state index in [9.17, 15) is 16.8 Å². The Bertz CT molecular complexity index is 795. The van der Waals surface area contributed by atoms with Crippen LogP contribution >= 0.6 is 0 Å². The third-order valence-electron chi connectivity index (χ3n) is 1.32. The molecule has 0 aliphatic heterocycles. The molecule has 0 heterocycles. The van der Waals surface area contributed by atoms with E-state index in [4.69, 9.17) is 41.6 Å². The minimum absolute atomic E-state index is 0. The SMILES string of the molecule is CS(=O)(=O)O.Cc1ccc(S(=O)(=O)O)cc1.O=C(O)O.O=S(=O)(O)O.[CH3-].[Y].[Y].[Y].[Y].[Y].[Y].[Y]. The molecule has 23 heteroatoms. The first-order valence-corrected chi connectivity index (χ1v) is 10.0. The molecule has 0 unspecified atom stereocenters. The zero-order valence-electron chi connectivity index (χ0n) is 17.6.